The molecule has 0 radical (unpaired) electrons. The zero-order valence-electron chi connectivity index (χ0n) is 9.48. The van der Waals surface area contributed by atoms with Gasteiger partial charge in [0.2, 0.25) is 0 Å². The molecule has 1 atom stereocenters. The van der Waals surface area contributed by atoms with Crippen LogP contribution in [0.2, 0.25) is 0 Å². The average Bonchev–Trinajstić information content (AvgIpc) is 2.15. The van der Waals surface area contributed by atoms with Gasteiger partial charge in [0.1, 0.15) is 0 Å². The Balaban J connectivity index is 2.20. The fourth-order valence-corrected chi connectivity index (χ4v) is 1.61. The van der Waals surface area contributed by atoms with E-state index in [9.17, 15) is 9.59 Å². The first-order chi connectivity index (χ1) is 7.56. The molecule has 1 aliphatic rings. The molecule has 1 fully saturated rings. The highest BCUT2D eigenvalue weighted by Crippen LogP contribution is 2.23. The Morgan fingerprint density at radius 1 is 1.56 bits per heavy atom. The van der Waals surface area contributed by atoms with Crippen LogP contribution in [0.1, 0.15) is 13.3 Å². The standard InChI is InChI=1S/C10H19N3O3/c1-7(9(14)15)8-5-13(6-8)10(16)12-4-2-3-11/h7-8H,2-6,11H2,1H3,(H,12,16)(H,14,15). The molecule has 1 aliphatic heterocycles. The van der Waals surface area contributed by atoms with Gasteiger partial charge in [-0.05, 0) is 13.0 Å². The molecule has 0 bridgehead atoms. The van der Waals surface area contributed by atoms with Crippen LogP contribution in [0.4, 0.5) is 4.79 Å². The number of hydrogen-bond donors (Lipinski definition) is 3. The number of hydrogen-bond acceptors (Lipinski definition) is 3. The predicted molar refractivity (Wildman–Crippen MR) is 58.9 cm³/mol. The van der Waals surface area contributed by atoms with Crippen molar-refractivity contribution in [1.82, 2.24) is 10.2 Å². The molecule has 1 unspecified atom stereocenters. The van der Waals surface area contributed by atoms with Gasteiger partial charge in [-0.2, -0.15) is 0 Å². The quantitative estimate of drug-likeness (QED) is 0.564. The number of carboxylic acid groups (broad SMARTS) is 1. The molecule has 0 aliphatic carbocycles. The number of amides is 2. The summed E-state index contributed by atoms with van der Waals surface area (Å²) in [5.41, 5.74) is 5.30. The van der Waals surface area contributed by atoms with Crippen molar-refractivity contribution >= 4 is 12.0 Å². The summed E-state index contributed by atoms with van der Waals surface area (Å²) in [7, 11) is 0. The van der Waals surface area contributed by atoms with E-state index in [1.54, 1.807) is 11.8 Å². The highest BCUT2D eigenvalue weighted by molar-refractivity contribution is 5.76. The molecule has 4 N–H and O–H groups in total. The third-order valence-electron chi connectivity index (χ3n) is 2.95. The van der Waals surface area contributed by atoms with Gasteiger partial charge in [0, 0.05) is 25.6 Å². The first kappa shape index (κ1) is 12.8. The second-order valence-corrected chi connectivity index (χ2v) is 4.17. The van der Waals surface area contributed by atoms with E-state index < -0.39 is 5.97 Å². The first-order valence-electron chi connectivity index (χ1n) is 5.52. The highest BCUT2D eigenvalue weighted by Gasteiger charge is 2.36. The molecule has 6 nitrogen and oxygen atoms in total. The van der Waals surface area contributed by atoms with E-state index in [0.717, 1.165) is 6.42 Å². The summed E-state index contributed by atoms with van der Waals surface area (Å²) in [6.07, 6.45) is 0.758. The van der Waals surface area contributed by atoms with Gasteiger partial charge < -0.3 is 21.1 Å². The Morgan fingerprint density at radius 2 is 2.19 bits per heavy atom. The Hall–Kier alpha value is -1.30. The van der Waals surface area contributed by atoms with Gasteiger partial charge in [-0.25, -0.2) is 4.79 Å². The van der Waals surface area contributed by atoms with Crippen molar-refractivity contribution in [2.75, 3.05) is 26.2 Å². The fraction of sp³-hybridized carbons (Fsp3) is 0.800. The van der Waals surface area contributed by atoms with Crippen molar-refractivity contribution in [1.29, 1.82) is 0 Å². The second-order valence-electron chi connectivity index (χ2n) is 4.17. The van der Waals surface area contributed by atoms with E-state index in [4.69, 9.17) is 10.8 Å². The molecule has 6 heteroatoms. The molecule has 16 heavy (non-hydrogen) atoms. The third kappa shape index (κ3) is 3.10. The monoisotopic (exact) mass is 229 g/mol. The van der Waals surface area contributed by atoms with E-state index in [1.165, 1.54) is 0 Å². The zero-order valence-corrected chi connectivity index (χ0v) is 9.48. The van der Waals surface area contributed by atoms with Crippen LogP contribution < -0.4 is 11.1 Å². The topological polar surface area (TPSA) is 95.7 Å². The van der Waals surface area contributed by atoms with Gasteiger partial charge in [-0.15, -0.1) is 0 Å². The Bertz CT molecular complexity index is 264. The van der Waals surface area contributed by atoms with Crippen LogP contribution in [0, 0.1) is 11.8 Å². The molecule has 0 aromatic heterocycles. The number of rotatable bonds is 5. The summed E-state index contributed by atoms with van der Waals surface area (Å²) in [6.45, 7) is 3.87. The summed E-state index contributed by atoms with van der Waals surface area (Å²) in [5, 5.41) is 11.5. The van der Waals surface area contributed by atoms with Crippen molar-refractivity contribution in [2.24, 2.45) is 17.6 Å². The number of aliphatic carboxylic acids is 1. The maximum Gasteiger partial charge on any atom is 0.317 e. The lowest BCUT2D eigenvalue weighted by molar-refractivity contribution is -0.144. The Morgan fingerprint density at radius 3 is 2.69 bits per heavy atom. The van der Waals surface area contributed by atoms with Crippen LogP contribution in [0.25, 0.3) is 0 Å². The number of nitrogens with two attached hydrogens (primary N) is 1. The van der Waals surface area contributed by atoms with E-state index >= 15 is 0 Å². The van der Waals surface area contributed by atoms with Gasteiger partial charge in [0.15, 0.2) is 0 Å². The van der Waals surface area contributed by atoms with Gasteiger partial charge in [-0.3, -0.25) is 4.79 Å². The van der Waals surface area contributed by atoms with Gasteiger partial charge in [-0.1, -0.05) is 6.92 Å². The van der Waals surface area contributed by atoms with E-state index in [1.807, 2.05) is 0 Å². The molecule has 2 amide bonds. The molecule has 0 spiro atoms. The summed E-state index contributed by atoms with van der Waals surface area (Å²) >= 11 is 0. The van der Waals surface area contributed by atoms with Crippen molar-refractivity contribution in [3.63, 3.8) is 0 Å². The number of carboxylic acids is 1. The summed E-state index contributed by atoms with van der Waals surface area (Å²) in [5.74, 6) is -1.10. The van der Waals surface area contributed by atoms with Crippen LogP contribution in [-0.2, 0) is 4.79 Å². The lowest BCUT2D eigenvalue weighted by atomic mass is 9.87. The van der Waals surface area contributed by atoms with Gasteiger partial charge in [0.05, 0.1) is 5.92 Å². The van der Waals surface area contributed by atoms with Crippen molar-refractivity contribution in [3.05, 3.63) is 0 Å². The third-order valence-corrected chi connectivity index (χ3v) is 2.95. The van der Waals surface area contributed by atoms with Crippen LogP contribution in [0.15, 0.2) is 0 Å². The minimum atomic E-state index is -0.798. The predicted octanol–water partition coefficient (Wildman–Crippen LogP) is -0.303. The molecular formula is C10H19N3O3. The Labute approximate surface area is 94.8 Å². The molecule has 0 saturated carbocycles. The lowest BCUT2D eigenvalue weighted by Gasteiger charge is -2.41. The Kier molecular flexibility index (Phi) is 4.54. The van der Waals surface area contributed by atoms with E-state index in [2.05, 4.69) is 5.32 Å². The van der Waals surface area contributed by atoms with Crippen molar-refractivity contribution < 1.29 is 14.7 Å². The lowest BCUT2D eigenvalue weighted by Crippen LogP contribution is -2.56. The average molecular weight is 229 g/mol. The minimum Gasteiger partial charge on any atom is -0.481 e. The molecule has 1 heterocycles. The zero-order chi connectivity index (χ0) is 12.1. The molecule has 92 valence electrons. The fourth-order valence-electron chi connectivity index (χ4n) is 1.61. The van der Waals surface area contributed by atoms with Crippen molar-refractivity contribution in [3.8, 4) is 0 Å². The summed E-state index contributed by atoms with van der Waals surface area (Å²) in [6, 6.07) is -0.123. The molecule has 1 rings (SSSR count). The maximum absolute atomic E-state index is 11.5. The van der Waals surface area contributed by atoms with Gasteiger partial charge in [0.25, 0.3) is 0 Å². The number of urea groups is 1. The van der Waals surface area contributed by atoms with Crippen LogP contribution in [0.3, 0.4) is 0 Å². The molecule has 1 saturated heterocycles. The largest absolute Gasteiger partial charge is 0.481 e. The van der Waals surface area contributed by atoms with Crippen LogP contribution in [-0.4, -0.2) is 48.2 Å². The van der Waals surface area contributed by atoms with Crippen LogP contribution >= 0.6 is 0 Å². The second kappa shape index (κ2) is 5.69. The SMILES string of the molecule is CC(C(=O)O)C1CN(C(=O)NCCCN)C1. The number of likely N-dealkylation sites (tertiary alicyclic amines) is 1. The molecule has 0 aromatic carbocycles. The van der Waals surface area contributed by atoms with Gasteiger partial charge >= 0.3 is 12.0 Å². The highest BCUT2D eigenvalue weighted by atomic mass is 16.4. The number of nitrogens with zero attached hydrogens (tertiary/aromatic N) is 1. The maximum atomic E-state index is 11.5. The molecule has 0 aromatic rings. The van der Waals surface area contributed by atoms with E-state index in [-0.39, 0.29) is 17.9 Å². The number of nitrogens with one attached hydrogen (secondary N) is 1. The minimum absolute atomic E-state index is 0.0813. The normalized spacial score (nSPS) is 17.8. The molecular weight excluding hydrogens is 210 g/mol. The first-order valence-corrected chi connectivity index (χ1v) is 5.52. The summed E-state index contributed by atoms with van der Waals surface area (Å²) < 4.78 is 0. The van der Waals surface area contributed by atoms with E-state index in [0.29, 0.717) is 26.2 Å². The van der Waals surface area contributed by atoms with Crippen molar-refractivity contribution in [2.45, 2.75) is 13.3 Å². The van der Waals surface area contributed by atoms with Crippen LogP contribution in [0.5, 0.6) is 0 Å². The smallest absolute Gasteiger partial charge is 0.317 e. The summed E-state index contributed by atoms with van der Waals surface area (Å²) in [4.78, 5) is 23.8. The number of carbonyl (C=O) groups excluding carboxylic acids is 1. The number of carbonyl (C=O) groups is 2.